The quantitative estimate of drug-likeness (QED) is 0.722. The van der Waals surface area contributed by atoms with E-state index in [2.05, 4.69) is 38.1 Å². The van der Waals surface area contributed by atoms with Crippen molar-refractivity contribution in [1.82, 2.24) is 0 Å². The lowest BCUT2D eigenvalue weighted by atomic mass is 9.85. The van der Waals surface area contributed by atoms with Crippen LogP contribution in [0.3, 0.4) is 0 Å². The molecule has 6 atom stereocenters. The van der Waals surface area contributed by atoms with Gasteiger partial charge in [-0.3, -0.25) is 0 Å². The summed E-state index contributed by atoms with van der Waals surface area (Å²) in [5.74, 6) is 1.19. The predicted octanol–water partition coefficient (Wildman–Crippen LogP) is 3.91. The summed E-state index contributed by atoms with van der Waals surface area (Å²) < 4.78 is 23.0. The topological polar surface area (TPSA) is 36.9 Å². The molecule has 0 aromatic heterocycles. The van der Waals surface area contributed by atoms with Gasteiger partial charge in [0.1, 0.15) is 12.2 Å². The van der Waals surface area contributed by atoms with E-state index in [1.165, 1.54) is 11.1 Å². The standard InChI is InChI=1S/C20H30O4/c1-5-13-11-23-19(13)17(21-3)15-7-9-16(10-8-15)18(22-4)20-14(6-2)12-24-20/h7-10,13-14,17-20H,5-6,11-12H2,1-4H3. The Balaban J connectivity index is 1.72. The van der Waals surface area contributed by atoms with Gasteiger partial charge in [0.25, 0.3) is 0 Å². The lowest BCUT2D eigenvalue weighted by Crippen LogP contribution is -2.44. The van der Waals surface area contributed by atoms with E-state index in [9.17, 15) is 0 Å². The van der Waals surface area contributed by atoms with E-state index in [1.54, 1.807) is 14.2 Å². The van der Waals surface area contributed by atoms with Crippen LogP contribution in [0, 0.1) is 11.8 Å². The minimum absolute atomic E-state index is 0.00193. The highest BCUT2D eigenvalue weighted by Crippen LogP contribution is 2.38. The van der Waals surface area contributed by atoms with Crippen molar-refractivity contribution in [2.45, 2.75) is 51.1 Å². The summed E-state index contributed by atoms with van der Waals surface area (Å²) in [4.78, 5) is 0. The first kappa shape index (κ1) is 17.9. The largest absolute Gasteiger partial charge is 0.374 e. The van der Waals surface area contributed by atoms with Gasteiger partial charge in [-0.15, -0.1) is 0 Å². The Morgan fingerprint density at radius 1 is 0.833 bits per heavy atom. The maximum absolute atomic E-state index is 5.76. The van der Waals surface area contributed by atoms with Crippen LogP contribution in [0.4, 0.5) is 0 Å². The molecule has 2 aliphatic heterocycles. The van der Waals surface area contributed by atoms with Crippen molar-refractivity contribution in [2.24, 2.45) is 11.8 Å². The zero-order valence-corrected chi connectivity index (χ0v) is 15.2. The van der Waals surface area contributed by atoms with Gasteiger partial charge < -0.3 is 18.9 Å². The summed E-state index contributed by atoms with van der Waals surface area (Å²) in [5, 5.41) is 0. The molecule has 0 amide bonds. The van der Waals surface area contributed by atoms with E-state index < -0.39 is 0 Å². The third-order valence-corrected chi connectivity index (χ3v) is 5.68. The van der Waals surface area contributed by atoms with Crippen LogP contribution in [0.2, 0.25) is 0 Å². The van der Waals surface area contributed by atoms with Gasteiger partial charge in [0, 0.05) is 26.1 Å². The molecule has 0 bridgehead atoms. The molecular weight excluding hydrogens is 304 g/mol. The van der Waals surface area contributed by atoms with Gasteiger partial charge in [0.15, 0.2) is 0 Å². The van der Waals surface area contributed by atoms with Gasteiger partial charge in [-0.05, 0) is 24.0 Å². The molecule has 3 rings (SSSR count). The molecule has 0 saturated carbocycles. The summed E-state index contributed by atoms with van der Waals surface area (Å²) in [7, 11) is 3.53. The molecule has 2 fully saturated rings. The molecule has 24 heavy (non-hydrogen) atoms. The van der Waals surface area contributed by atoms with Crippen molar-refractivity contribution in [3.8, 4) is 0 Å². The Kier molecular flexibility index (Phi) is 5.93. The second-order valence-corrected chi connectivity index (χ2v) is 6.91. The van der Waals surface area contributed by atoms with Gasteiger partial charge in [-0.2, -0.15) is 0 Å². The average molecular weight is 334 g/mol. The van der Waals surface area contributed by atoms with E-state index in [0.29, 0.717) is 11.8 Å². The van der Waals surface area contributed by atoms with Gasteiger partial charge in [0.05, 0.1) is 25.4 Å². The second kappa shape index (κ2) is 7.96. The van der Waals surface area contributed by atoms with Crippen LogP contribution in [0.25, 0.3) is 0 Å². The molecule has 1 aromatic carbocycles. The van der Waals surface area contributed by atoms with Crippen molar-refractivity contribution in [3.05, 3.63) is 35.4 Å². The summed E-state index contributed by atoms with van der Waals surface area (Å²) in [5.41, 5.74) is 2.33. The van der Waals surface area contributed by atoms with E-state index in [-0.39, 0.29) is 24.4 Å². The number of hydrogen-bond donors (Lipinski definition) is 0. The molecule has 0 radical (unpaired) electrons. The first-order valence-electron chi connectivity index (χ1n) is 9.12. The van der Waals surface area contributed by atoms with Crippen molar-refractivity contribution < 1.29 is 18.9 Å². The summed E-state index contributed by atoms with van der Waals surface area (Å²) in [6, 6.07) is 8.57. The fourth-order valence-corrected chi connectivity index (χ4v) is 3.85. The number of ether oxygens (including phenoxy) is 4. The third-order valence-electron chi connectivity index (χ3n) is 5.68. The molecule has 4 nitrogen and oxygen atoms in total. The van der Waals surface area contributed by atoms with Crippen molar-refractivity contribution >= 4 is 0 Å². The van der Waals surface area contributed by atoms with Crippen molar-refractivity contribution in [2.75, 3.05) is 27.4 Å². The highest BCUT2D eigenvalue weighted by atomic mass is 16.6. The van der Waals surface area contributed by atoms with Crippen LogP contribution < -0.4 is 0 Å². The first-order valence-corrected chi connectivity index (χ1v) is 9.12. The number of rotatable bonds is 8. The third kappa shape index (κ3) is 3.25. The molecule has 6 unspecified atom stereocenters. The van der Waals surface area contributed by atoms with E-state index >= 15 is 0 Å². The predicted molar refractivity (Wildman–Crippen MR) is 93.0 cm³/mol. The van der Waals surface area contributed by atoms with Gasteiger partial charge in [-0.1, -0.05) is 38.1 Å². The van der Waals surface area contributed by atoms with Crippen molar-refractivity contribution in [3.63, 3.8) is 0 Å². The molecule has 2 saturated heterocycles. The molecule has 4 heteroatoms. The first-order chi connectivity index (χ1) is 11.7. The molecule has 0 spiro atoms. The molecule has 2 aliphatic rings. The molecule has 2 heterocycles. The fraction of sp³-hybridized carbons (Fsp3) is 0.700. The second-order valence-electron chi connectivity index (χ2n) is 6.91. The highest BCUT2D eigenvalue weighted by molar-refractivity contribution is 5.28. The Morgan fingerprint density at radius 3 is 1.42 bits per heavy atom. The van der Waals surface area contributed by atoms with E-state index in [0.717, 1.165) is 26.1 Å². The Labute approximate surface area is 145 Å². The number of benzene rings is 1. The molecule has 0 N–H and O–H groups in total. The molecule has 134 valence electrons. The Bertz CT molecular complexity index is 464. The summed E-state index contributed by atoms with van der Waals surface area (Å²) >= 11 is 0. The van der Waals surface area contributed by atoms with Gasteiger partial charge in [-0.25, -0.2) is 0 Å². The Morgan fingerprint density at radius 2 is 1.21 bits per heavy atom. The molecular formula is C20H30O4. The zero-order chi connectivity index (χ0) is 17.1. The lowest BCUT2D eigenvalue weighted by Gasteiger charge is -2.41. The van der Waals surface area contributed by atoms with Crippen LogP contribution in [-0.2, 0) is 18.9 Å². The molecule has 0 aliphatic carbocycles. The maximum atomic E-state index is 5.76. The average Bonchev–Trinajstić information content (AvgIpc) is 2.56. The van der Waals surface area contributed by atoms with Crippen LogP contribution in [0.15, 0.2) is 24.3 Å². The monoisotopic (exact) mass is 334 g/mol. The minimum atomic E-state index is 0.00193. The number of hydrogen-bond acceptors (Lipinski definition) is 4. The summed E-state index contributed by atoms with van der Waals surface area (Å²) in [6.45, 7) is 6.12. The summed E-state index contributed by atoms with van der Waals surface area (Å²) in [6.07, 6.45) is 2.61. The Hall–Kier alpha value is -0.940. The van der Waals surface area contributed by atoms with Gasteiger partial charge >= 0.3 is 0 Å². The highest BCUT2D eigenvalue weighted by Gasteiger charge is 2.40. The smallest absolute Gasteiger partial charge is 0.109 e. The van der Waals surface area contributed by atoms with E-state index in [1.807, 2.05) is 0 Å². The van der Waals surface area contributed by atoms with Crippen LogP contribution in [0.5, 0.6) is 0 Å². The molecule has 1 aromatic rings. The fourth-order valence-electron chi connectivity index (χ4n) is 3.85. The zero-order valence-electron chi connectivity index (χ0n) is 15.2. The number of methoxy groups -OCH3 is 2. The lowest BCUT2D eigenvalue weighted by molar-refractivity contribution is -0.178. The van der Waals surface area contributed by atoms with Crippen LogP contribution in [-0.4, -0.2) is 39.6 Å². The minimum Gasteiger partial charge on any atom is -0.374 e. The maximum Gasteiger partial charge on any atom is 0.109 e. The normalized spacial score (nSPS) is 31.8. The van der Waals surface area contributed by atoms with Crippen molar-refractivity contribution in [1.29, 1.82) is 0 Å². The van der Waals surface area contributed by atoms with E-state index in [4.69, 9.17) is 18.9 Å². The van der Waals surface area contributed by atoms with Crippen LogP contribution >= 0.6 is 0 Å². The SMILES string of the molecule is CCC1COC1C(OC)c1ccc(C(OC)C2OCC2CC)cc1. The van der Waals surface area contributed by atoms with Crippen LogP contribution in [0.1, 0.15) is 50.0 Å². The van der Waals surface area contributed by atoms with Gasteiger partial charge in [0.2, 0.25) is 0 Å².